The molecule has 0 saturated carbocycles. The zero-order valence-electron chi connectivity index (χ0n) is 9.95. The predicted octanol–water partition coefficient (Wildman–Crippen LogP) is 3.74. The molecule has 0 spiro atoms. The van der Waals surface area contributed by atoms with E-state index in [0.29, 0.717) is 5.02 Å². The number of hydrogen-bond donors (Lipinski definition) is 0. The number of rotatable bonds is 0. The fourth-order valence-corrected chi connectivity index (χ4v) is 1.11. The van der Waals surface area contributed by atoms with E-state index in [-0.39, 0.29) is 0 Å². The highest BCUT2D eigenvalue weighted by atomic mass is 35.5. The van der Waals surface area contributed by atoms with Gasteiger partial charge >= 0.3 is 0 Å². The third kappa shape index (κ3) is 3.88. The van der Waals surface area contributed by atoms with Gasteiger partial charge in [-0.2, -0.15) is 5.10 Å². The van der Waals surface area contributed by atoms with Gasteiger partial charge in [0.1, 0.15) is 0 Å². The van der Waals surface area contributed by atoms with Crippen molar-refractivity contribution in [2.24, 2.45) is 0 Å². The molecule has 0 fully saturated rings. The van der Waals surface area contributed by atoms with Gasteiger partial charge < -0.3 is 0 Å². The van der Waals surface area contributed by atoms with E-state index in [2.05, 4.69) is 10.1 Å². The Morgan fingerprint density at radius 2 is 1.80 bits per heavy atom. The Labute approximate surface area is 96.1 Å². The fourth-order valence-electron chi connectivity index (χ4n) is 0.973. The second-order valence-corrected chi connectivity index (χ2v) is 2.80. The van der Waals surface area contributed by atoms with Crippen molar-refractivity contribution >= 4 is 17.2 Å². The topological polar surface area (TPSA) is 30.2 Å². The Morgan fingerprint density at radius 1 is 1.20 bits per heavy atom. The first-order chi connectivity index (χ1) is 7.25. The van der Waals surface area contributed by atoms with Gasteiger partial charge in [0.05, 0.1) is 23.1 Å². The normalized spacial score (nSPS) is 8.67. The number of halogens is 1. The smallest absolute Gasteiger partial charge is 0.155 e. The average Bonchev–Trinajstić information content (AvgIpc) is 2.63. The molecule has 0 saturated heterocycles. The van der Waals surface area contributed by atoms with Crippen LogP contribution in [0.2, 0.25) is 5.02 Å². The molecule has 0 bridgehead atoms. The summed E-state index contributed by atoms with van der Waals surface area (Å²) in [4.78, 5) is 4.19. The van der Waals surface area contributed by atoms with Gasteiger partial charge in [0, 0.05) is 6.07 Å². The van der Waals surface area contributed by atoms with Gasteiger partial charge in [-0.3, -0.25) is 0 Å². The number of imidazole rings is 1. The number of fused-ring (bicyclic) bond motifs is 1. The molecule has 0 amide bonds. The van der Waals surface area contributed by atoms with E-state index >= 15 is 0 Å². The zero-order chi connectivity index (χ0) is 11.8. The van der Waals surface area contributed by atoms with Crippen molar-refractivity contribution in [2.45, 2.75) is 34.6 Å². The van der Waals surface area contributed by atoms with Crippen LogP contribution in [0.5, 0.6) is 0 Å². The molecule has 0 aliphatic heterocycles. The van der Waals surface area contributed by atoms with Crippen molar-refractivity contribution in [3.05, 3.63) is 29.2 Å². The SMILES string of the molecule is CC.CC.Cc1cn2ncc(Cl)cc2n1. The molecule has 4 heteroatoms. The summed E-state index contributed by atoms with van der Waals surface area (Å²) >= 11 is 5.71. The second-order valence-electron chi connectivity index (χ2n) is 2.36. The van der Waals surface area contributed by atoms with E-state index in [9.17, 15) is 0 Å². The summed E-state index contributed by atoms with van der Waals surface area (Å²) in [5, 5.41) is 4.64. The Hall–Kier alpha value is -1.09. The molecule has 0 aliphatic rings. The van der Waals surface area contributed by atoms with Gasteiger partial charge in [-0.1, -0.05) is 39.3 Å². The Balaban J connectivity index is 0.000000442. The minimum atomic E-state index is 0.614. The molecule has 0 atom stereocenters. The lowest BCUT2D eigenvalue weighted by molar-refractivity contribution is 0.934. The number of aromatic nitrogens is 3. The van der Waals surface area contributed by atoms with Crippen LogP contribution in [0.25, 0.3) is 5.65 Å². The summed E-state index contributed by atoms with van der Waals surface area (Å²) in [7, 11) is 0. The molecule has 0 aromatic carbocycles. The quantitative estimate of drug-likeness (QED) is 0.686. The van der Waals surface area contributed by atoms with Crippen molar-refractivity contribution in [3.8, 4) is 0 Å². The summed E-state index contributed by atoms with van der Waals surface area (Å²) in [6, 6.07) is 1.78. The number of hydrogen-bond acceptors (Lipinski definition) is 2. The van der Waals surface area contributed by atoms with E-state index in [1.807, 2.05) is 40.8 Å². The first-order valence-corrected chi connectivity index (χ1v) is 5.61. The summed E-state index contributed by atoms with van der Waals surface area (Å²) in [6.45, 7) is 9.92. The molecule has 2 aromatic rings. The van der Waals surface area contributed by atoms with Crippen molar-refractivity contribution < 1.29 is 0 Å². The molecule has 0 aliphatic carbocycles. The third-order valence-electron chi connectivity index (χ3n) is 1.41. The van der Waals surface area contributed by atoms with Crippen LogP contribution in [0, 0.1) is 6.92 Å². The van der Waals surface area contributed by atoms with Gasteiger partial charge in [-0.05, 0) is 6.92 Å². The van der Waals surface area contributed by atoms with Gasteiger partial charge in [0.15, 0.2) is 5.65 Å². The minimum absolute atomic E-state index is 0.614. The summed E-state index contributed by atoms with van der Waals surface area (Å²) in [5.74, 6) is 0. The summed E-state index contributed by atoms with van der Waals surface area (Å²) in [6.07, 6.45) is 3.45. The number of aryl methyl sites for hydroxylation is 1. The van der Waals surface area contributed by atoms with Crippen LogP contribution in [0.1, 0.15) is 33.4 Å². The van der Waals surface area contributed by atoms with Crippen molar-refractivity contribution in [1.29, 1.82) is 0 Å². The maximum atomic E-state index is 5.71. The van der Waals surface area contributed by atoms with Crippen molar-refractivity contribution in [3.63, 3.8) is 0 Å². The van der Waals surface area contributed by atoms with Crippen molar-refractivity contribution in [2.75, 3.05) is 0 Å². The Bertz CT molecular complexity index is 396. The Kier molecular flexibility index (Phi) is 6.71. The molecule has 84 valence electrons. The van der Waals surface area contributed by atoms with E-state index < -0.39 is 0 Å². The molecule has 2 aromatic heterocycles. The van der Waals surface area contributed by atoms with Crippen LogP contribution in [-0.2, 0) is 0 Å². The fraction of sp³-hybridized carbons (Fsp3) is 0.455. The molecule has 2 heterocycles. The molecule has 15 heavy (non-hydrogen) atoms. The maximum absolute atomic E-state index is 5.71. The summed E-state index contributed by atoms with van der Waals surface area (Å²) in [5.41, 5.74) is 1.73. The molecular weight excluding hydrogens is 210 g/mol. The van der Waals surface area contributed by atoms with Gasteiger partial charge in [-0.15, -0.1) is 0 Å². The first kappa shape index (κ1) is 13.9. The van der Waals surface area contributed by atoms with Gasteiger partial charge in [-0.25, -0.2) is 9.50 Å². The van der Waals surface area contributed by atoms with E-state index in [4.69, 9.17) is 11.6 Å². The van der Waals surface area contributed by atoms with Gasteiger partial charge in [0.2, 0.25) is 0 Å². The van der Waals surface area contributed by atoms with Crippen LogP contribution in [-0.4, -0.2) is 14.6 Å². The van der Waals surface area contributed by atoms with E-state index in [1.165, 1.54) is 0 Å². The molecule has 2 rings (SSSR count). The van der Waals surface area contributed by atoms with Crippen LogP contribution in [0.3, 0.4) is 0 Å². The van der Waals surface area contributed by atoms with E-state index in [1.54, 1.807) is 16.8 Å². The highest BCUT2D eigenvalue weighted by Crippen LogP contribution is 2.09. The molecule has 0 radical (unpaired) electrons. The van der Waals surface area contributed by atoms with Crippen LogP contribution in [0.15, 0.2) is 18.5 Å². The van der Waals surface area contributed by atoms with Crippen LogP contribution in [0.4, 0.5) is 0 Å². The zero-order valence-corrected chi connectivity index (χ0v) is 10.7. The van der Waals surface area contributed by atoms with E-state index in [0.717, 1.165) is 11.3 Å². The first-order valence-electron chi connectivity index (χ1n) is 5.23. The predicted molar refractivity (Wildman–Crippen MR) is 65.4 cm³/mol. The lowest BCUT2D eigenvalue weighted by atomic mass is 10.5. The lowest BCUT2D eigenvalue weighted by Gasteiger charge is -1.89. The van der Waals surface area contributed by atoms with Crippen LogP contribution >= 0.6 is 11.6 Å². The molecule has 0 N–H and O–H groups in total. The Morgan fingerprint density at radius 3 is 2.40 bits per heavy atom. The van der Waals surface area contributed by atoms with Gasteiger partial charge in [0.25, 0.3) is 0 Å². The largest absolute Gasteiger partial charge is 0.232 e. The van der Waals surface area contributed by atoms with Crippen molar-refractivity contribution in [1.82, 2.24) is 14.6 Å². The second kappa shape index (κ2) is 7.23. The third-order valence-corrected chi connectivity index (χ3v) is 1.61. The summed E-state index contributed by atoms with van der Waals surface area (Å²) < 4.78 is 1.70. The molecular formula is C11H18ClN3. The minimum Gasteiger partial charge on any atom is -0.232 e. The van der Waals surface area contributed by atoms with Crippen LogP contribution < -0.4 is 0 Å². The molecule has 3 nitrogen and oxygen atoms in total. The average molecular weight is 228 g/mol. The number of nitrogens with zero attached hydrogens (tertiary/aromatic N) is 3. The highest BCUT2D eigenvalue weighted by molar-refractivity contribution is 6.30. The molecule has 0 unspecified atom stereocenters. The lowest BCUT2D eigenvalue weighted by Crippen LogP contribution is -1.87. The highest BCUT2D eigenvalue weighted by Gasteiger charge is 1.97. The monoisotopic (exact) mass is 227 g/mol. The standard InChI is InChI=1S/C7H6ClN3.2C2H6/c1-5-4-11-7(10-5)2-6(8)3-9-11;2*1-2/h2-4H,1H3;2*1-2H3. The maximum Gasteiger partial charge on any atom is 0.155 e.